The molecule has 0 spiro atoms. The summed E-state index contributed by atoms with van der Waals surface area (Å²) in [5.74, 6) is -1.04. The number of hydrogen-bond acceptors (Lipinski definition) is 1. The highest BCUT2D eigenvalue weighted by Gasteiger charge is 2.01. The summed E-state index contributed by atoms with van der Waals surface area (Å²) in [5.41, 5.74) is 0.0765. The summed E-state index contributed by atoms with van der Waals surface area (Å²) in [7, 11) is 0. The molecule has 3 heteroatoms. The number of rotatable bonds is 4. The molecule has 0 radical (unpaired) electrons. The second-order valence-corrected chi connectivity index (χ2v) is 1.70. The number of hydrogen-bond donors (Lipinski definition) is 1. The Morgan fingerprint density at radius 1 is 1.67 bits per heavy atom. The van der Waals surface area contributed by atoms with Crippen LogP contribution in [0.5, 0.6) is 0 Å². The van der Waals surface area contributed by atoms with E-state index in [0.29, 0.717) is 0 Å². The Hall–Kier alpha value is -0.860. The first-order valence-corrected chi connectivity index (χ1v) is 2.65. The van der Waals surface area contributed by atoms with Gasteiger partial charge in [-0.05, 0) is 12.8 Å². The molecule has 0 saturated heterocycles. The van der Waals surface area contributed by atoms with Gasteiger partial charge in [-0.1, -0.05) is 6.58 Å². The van der Waals surface area contributed by atoms with Crippen molar-refractivity contribution in [1.29, 1.82) is 0 Å². The van der Waals surface area contributed by atoms with Crippen LogP contribution in [0, 0.1) is 0 Å². The van der Waals surface area contributed by atoms with E-state index in [9.17, 15) is 9.18 Å². The average molecular weight is 132 g/mol. The number of carboxylic acid groups (broad SMARTS) is 1. The highest BCUT2D eigenvalue weighted by Crippen LogP contribution is 2.01. The zero-order valence-corrected chi connectivity index (χ0v) is 5.06. The standard InChI is InChI=1S/C6H9FO2/c1-5(6(8)9)3-2-4-7/h1-4H2,(H,8,9). The fourth-order valence-corrected chi connectivity index (χ4v) is 0.387. The van der Waals surface area contributed by atoms with Crippen LogP contribution in [0.2, 0.25) is 0 Å². The van der Waals surface area contributed by atoms with E-state index in [2.05, 4.69) is 6.58 Å². The van der Waals surface area contributed by atoms with Crippen LogP contribution in [-0.2, 0) is 4.79 Å². The third-order valence-corrected chi connectivity index (χ3v) is 0.915. The molecule has 0 amide bonds. The molecular formula is C6H9FO2. The van der Waals surface area contributed by atoms with Gasteiger partial charge in [-0.3, -0.25) is 4.39 Å². The second kappa shape index (κ2) is 4.06. The molecule has 0 fully saturated rings. The summed E-state index contributed by atoms with van der Waals surface area (Å²) in [6.07, 6.45) is 0.497. The number of alkyl halides is 1. The third kappa shape index (κ3) is 3.70. The molecule has 0 unspecified atom stereocenters. The van der Waals surface area contributed by atoms with Crippen molar-refractivity contribution in [2.75, 3.05) is 6.67 Å². The van der Waals surface area contributed by atoms with Crippen LogP contribution in [0.25, 0.3) is 0 Å². The molecule has 2 nitrogen and oxygen atoms in total. The molecule has 0 aromatic heterocycles. The summed E-state index contributed by atoms with van der Waals surface area (Å²) >= 11 is 0. The average Bonchev–Trinajstić information content (AvgIpc) is 1.82. The Morgan fingerprint density at radius 3 is 2.56 bits per heavy atom. The molecule has 1 N–H and O–H groups in total. The van der Waals surface area contributed by atoms with Crippen LogP contribution in [0.1, 0.15) is 12.8 Å². The van der Waals surface area contributed by atoms with Crippen molar-refractivity contribution >= 4 is 5.97 Å². The largest absolute Gasteiger partial charge is 0.478 e. The van der Waals surface area contributed by atoms with Crippen molar-refractivity contribution in [3.05, 3.63) is 12.2 Å². The van der Waals surface area contributed by atoms with Crippen LogP contribution in [0.4, 0.5) is 4.39 Å². The molecule has 9 heavy (non-hydrogen) atoms. The van der Waals surface area contributed by atoms with Crippen LogP contribution in [0.3, 0.4) is 0 Å². The van der Waals surface area contributed by atoms with E-state index in [0.717, 1.165) is 0 Å². The van der Waals surface area contributed by atoms with Gasteiger partial charge < -0.3 is 5.11 Å². The van der Waals surface area contributed by atoms with Crippen LogP contribution >= 0.6 is 0 Å². The van der Waals surface area contributed by atoms with E-state index < -0.39 is 12.6 Å². The molecule has 0 aliphatic rings. The maximum atomic E-state index is 11.4. The van der Waals surface area contributed by atoms with E-state index in [4.69, 9.17) is 5.11 Å². The molecule has 0 aliphatic carbocycles. The van der Waals surface area contributed by atoms with Gasteiger partial charge in [0.25, 0.3) is 0 Å². The van der Waals surface area contributed by atoms with Crippen LogP contribution in [0.15, 0.2) is 12.2 Å². The zero-order chi connectivity index (χ0) is 7.28. The normalized spacial score (nSPS) is 9.00. The second-order valence-electron chi connectivity index (χ2n) is 1.70. The summed E-state index contributed by atoms with van der Waals surface area (Å²) in [5, 5.41) is 8.19. The van der Waals surface area contributed by atoms with Gasteiger partial charge in [0.15, 0.2) is 0 Å². The quantitative estimate of drug-likeness (QED) is 0.586. The lowest BCUT2D eigenvalue weighted by Gasteiger charge is -1.93. The van der Waals surface area contributed by atoms with Crippen molar-refractivity contribution in [2.45, 2.75) is 12.8 Å². The maximum absolute atomic E-state index is 11.4. The van der Waals surface area contributed by atoms with Crippen molar-refractivity contribution in [3.8, 4) is 0 Å². The Balaban J connectivity index is 3.39. The fourth-order valence-electron chi connectivity index (χ4n) is 0.387. The minimum Gasteiger partial charge on any atom is -0.478 e. The predicted molar refractivity (Wildman–Crippen MR) is 32.0 cm³/mol. The number of carbonyl (C=O) groups is 1. The third-order valence-electron chi connectivity index (χ3n) is 0.915. The van der Waals surface area contributed by atoms with Gasteiger partial charge >= 0.3 is 5.97 Å². The van der Waals surface area contributed by atoms with Gasteiger partial charge in [0, 0.05) is 5.57 Å². The molecule has 0 aromatic rings. The maximum Gasteiger partial charge on any atom is 0.330 e. The molecule has 0 saturated carbocycles. The van der Waals surface area contributed by atoms with Crippen LogP contribution < -0.4 is 0 Å². The lowest BCUT2D eigenvalue weighted by atomic mass is 10.2. The Bertz CT molecular complexity index is 120. The van der Waals surface area contributed by atoms with Crippen molar-refractivity contribution < 1.29 is 14.3 Å². The predicted octanol–water partition coefficient (Wildman–Crippen LogP) is 1.38. The Morgan fingerprint density at radius 2 is 2.22 bits per heavy atom. The Labute approximate surface area is 53.0 Å². The Kier molecular flexibility index (Phi) is 3.67. The topological polar surface area (TPSA) is 37.3 Å². The minimum absolute atomic E-state index is 0.0765. The van der Waals surface area contributed by atoms with Gasteiger partial charge in [-0.25, -0.2) is 4.79 Å². The van der Waals surface area contributed by atoms with Gasteiger partial charge in [-0.15, -0.1) is 0 Å². The molecular weight excluding hydrogens is 123 g/mol. The van der Waals surface area contributed by atoms with Crippen molar-refractivity contribution in [3.63, 3.8) is 0 Å². The summed E-state index contributed by atoms with van der Waals surface area (Å²) in [6, 6.07) is 0. The summed E-state index contributed by atoms with van der Waals surface area (Å²) in [4.78, 5) is 9.98. The van der Waals surface area contributed by atoms with Gasteiger partial charge in [0.1, 0.15) is 0 Å². The molecule has 0 heterocycles. The van der Waals surface area contributed by atoms with E-state index in [-0.39, 0.29) is 18.4 Å². The van der Waals surface area contributed by atoms with E-state index in [1.165, 1.54) is 0 Å². The number of aliphatic carboxylic acids is 1. The summed E-state index contributed by atoms with van der Waals surface area (Å²) < 4.78 is 11.4. The minimum atomic E-state index is -1.04. The molecule has 0 aliphatic heterocycles. The van der Waals surface area contributed by atoms with Gasteiger partial charge in [0.2, 0.25) is 0 Å². The SMILES string of the molecule is C=C(CCCF)C(=O)O. The first-order valence-electron chi connectivity index (χ1n) is 2.65. The van der Waals surface area contributed by atoms with E-state index in [1.54, 1.807) is 0 Å². The number of carboxylic acids is 1. The van der Waals surface area contributed by atoms with E-state index in [1.807, 2.05) is 0 Å². The first-order chi connectivity index (χ1) is 4.18. The van der Waals surface area contributed by atoms with Crippen molar-refractivity contribution in [1.82, 2.24) is 0 Å². The molecule has 52 valence electrons. The lowest BCUT2D eigenvalue weighted by molar-refractivity contribution is -0.132. The highest BCUT2D eigenvalue weighted by atomic mass is 19.1. The first kappa shape index (κ1) is 8.14. The molecule has 0 bridgehead atoms. The summed E-state index contributed by atoms with van der Waals surface area (Å²) in [6.45, 7) is 2.75. The van der Waals surface area contributed by atoms with Crippen molar-refractivity contribution in [2.24, 2.45) is 0 Å². The molecule has 0 rings (SSSR count). The smallest absolute Gasteiger partial charge is 0.330 e. The monoisotopic (exact) mass is 132 g/mol. The van der Waals surface area contributed by atoms with Gasteiger partial charge in [-0.2, -0.15) is 0 Å². The highest BCUT2D eigenvalue weighted by molar-refractivity contribution is 5.85. The van der Waals surface area contributed by atoms with E-state index >= 15 is 0 Å². The molecule has 0 aromatic carbocycles. The zero-order valence-electron chi connectivity index (χ0n) is 5.06. The molecule has 0 atom stereocenters. The fraction of sp³-hybridized carbons (Fsp3) is 0.500. The number of halogens is 1. The van der Waals surface area contributed by atoms with Gasteiger partial charge in [0.05, 0.1) is 6.67 Å². The lowest BCUT2D eigenvalue weighted by Crippen LogP contribution is -1.98. The van der Waals surface area contributed by atoms with Crippen LogP contribution in [-0.4, -0.2) is 17.8 Å².